The van der Waals surface area contributed by atoms with Crippen LogP contribution in [0.4, 0.5) is 0 Å². The molecule has 0 saturated carbocycles. The molecule has 1 N–H and O–H groups in total. The number of hydrogen-bond acceptors (Lipinski definition) is 4. The van der Waals surface area contributed by atoms with E-state index in [1.807, 2.05) is 0 Å². The molecule has 0 bridgehead atoms. The summed E-state index contributed by atoms with van der Waals surface area (Å²) in [4.78, 5) is 12.2. The fourth-order valence-electron chi connectivity index (χ4n) is 2.85. The highest BCUT2D eigenvalue weighted by Crippen LogP contribution is 2.31. The number of aliphatic carboxylic acids is 1. The van der Waals surface area contributed by atoms with Gasteiger partial charge in [0.05, 0.1) is 26.2 Å². The van der Waals surface area contributed by atoms with Crippen molar-refractivity contribution < 1.29 is 24.3 Å². The van der Waals surface area contributed by atoms with Gasteiger partial charge >= 0.3 is 0 Å². The van der Waals surface area contributed by atoms with Crippen LogP contribution in [-0.2, 0) is 4.79 Å². The third kappa shape index (κ3) is 5.28. The van der Waals surface area contributed by atoms with Gasteiger partial charge in [-0.25, -0.2) is 0 Å². The summed E-state index contributed by atoms with van der Waals surface area (Å²) in [5, 5.41) is 10.6. The number of hydrogen-bond donors (Lipinski definition) is 1. The highest BCUT2D eigenvalue weighted by atomic mass is 16.5. The standard InChI is InChI=1S/C18H25NO4/c1-14-8-10-19(11-9-14)12-13-23-18-15(6-7-17(20)21)4-3-5-16(18)22-2/h3-7,14H,8-13H2,1-2H3,(H,20,21)/b7-6+. The van der Waals surface area contributed by atoms with Gasteiger partial charge in [-0.15, -0.1) is 0 Å². The zero-order valence-corrected chi connectivity index (χ0v) is 13.8. The highest BCUT2D eigenvalue weighted by Gasteiger charge is 2.19. The predicted molar refractivity (Wildman–Crippen MR) is 86.5 cm³/mol. The van der Waals surface area contributed by atoms with Crippen LogP contribution in [0, 0.1) is 5.92 Å². The number of carbonyl (C=O) groups is 1. The van der Waals surface area contributed by atoms with E-state index in [0.717, 1.165) is 18.5 Å². The van der Waals surface area contributed by atoms with E-state index in [0.29, 0.717) is 23.7 Å². The molecule has 23 heavy (non-hydrogen) atoms. The minimum Gasteiger partial charge on any atom is -0.545 e. The van der Waals surface area contributed by atoms with Crippen molar-refractivity contribution >= 4 is 12.0 Å². The van der Waals surface area contributed by atoms with Gasteiger partial charge in [-0.1, -0.05) is 19.1 Å². The van der Waals surface area contributed by atoms with E-state index < -0.39 is 5.97 Å². The molecule has 1 heterocycles. The zero-order valence-electron chi connectivity index (χ0n) is 13.8. The van der Waals surface area contributed by atoms with Gasteiger partial charge in [0.1, 0.15) is 13.2 Å². The Morgan fingerprint density at radius 3 is 2.78 bits per heavy atom. The van der Waals surface area contributed by atoms with Crippen molar-refractivity contribution in [3.05, 3.63) is 29.8 Å². The molecule has 0 aliphatic carbocycles. The predicted octanol–water partition coefficient (Wildman–Crippen LogP) is 0.152. The van der Waals surface area contributed by atoms with Crippen molar-refractivity contribution in [2.24, 2.45) is 5.92 Å². The first-order valence-electron chi connectivity index (χ1n) is 8.12. The second-order valence-electron chi connectivity index (χ2n) is 6.06. The van der Waals surface area contributed by atoms with Crippen LogP contribution in [0.2, 0.25) is 0 Å². The Labute approximate surface area is 137 Å². The molecule has 0 spiro atoms. The number of carboxylic acid groups (broad SMARTS) is 1. The van der Waals surface area contributed by atoms with Crippen LogP contribution in [0.25, 0.3) is 6.08 Å². The number of carboxylic acids is 1. The molecule has 5 nitrogen and oxygen atoms in total. The van der Waals surface area contributed by atoms with Crippen LogP contribution >= 0.6 is 0 Å². The van der Waals surface area contributed by atoms with Crippen LogP contribution < -0.4 is 19.5 Å². The van der Waals surface area contributed by atoms with Crippen molar-refractivity contribution in [1.82, 2.24) is 0 Å². The van der Waals surface area contributed by atoms with Gasteiger partial charge in [0.25, 0.3) is 0 Å². The Hall–Kier alpha value is -2.01. The van der Waals surface area contributed by atoms with Gasteiger partial charge in [-0.2, -0.15) is 0 Å². The first-order chi connectivity index (χ1) is 11.1. The molecule has 1 aliphatic heterocycles. The summed E-state index contributed by atoms with van der Waals surface area (Å²) in [5.41, 5.74) is 0.677. The Morgan fingerprint density at radius 1 is 1.39 bits per heavy atom. The van der Waals surface area contributed by atoms with Crippen LogP contribution in [0.1, 0.15) is 25.3 Å². The molecule has 0 aromatic heterocycles. The van der Waals surface area contributed by atoms with Crippen LogP contribution in [0.3, 0.4) is 0 Å². The largest absolute Gasteiger partial charge is 0.545 e. The third-order valence-corrected chi connectivity index (χ3v) is 4.31. The molecule has 1 aromatic carbocycles. The normalized spacial score (nSPS) is 21.3. The summed E-state index contributed by atoms with van der Waals surface area (Å²) < 4.78 is 11.2. The summed E-state index contributed by atoms with van der Waals surface area (Å²) in [6, 6.07) is 5.41. The van der Waals surface area contributed by atoms with E-state index in [1.165, 1.54) is 32.0 Å². The summed E-state index contributed by atoms with van der Waals surface area (Å²) in [7, 11) is 1.58. The Bertz CT molecular complexity index is 548. The molecule has 126 valence electrons. The fraction of sp³-hybridized carbons (Fsp3) is 0.500. The van der Waals surface area contributed by atoms with Crippen molar-refractivity contribution in [2.45, 2.75) is 19.8 Å². The summed E-state index contributed by atoms with van der Waals surface area (Å²) in [5.74, 6) is 0.783. The topological polar surface area (TPSA) is 63.0 Å². The Kier molecular flexibility index (Phi) is 6.47. The number of ether oxygens (including phenoxy) is 2. The molecular formula is C18H25NO4. The number of nitrogens with one attached hydrogen (secondary N) is 1. The van der Waals surface area contributed by atoms with Gasteiger partial charge in [-0.3, -0.25) is 0 Å². The molecule has 1 aliphatic rings. The number of rotatable bonds is 7. The number of carbonyl (C=O) groups excluding carboxylic acids is 1. The average molecular weight is 319 g/mol. The molecule has 0 atom stereocenters. The second-order valence-corrected chi connectivity index (χ2v) is 6.06. The van der Waals surface area contributed by atoms with E-state index >= 15 is 0 Å². The highest BCUT2D eigenvalue weighted by molar-refractivity contribution is 5.84. The quantitative estimate of drug-likeness (QED) is 0.727. The van der Waals surface area contributed by atoms with Crippen LogP contribution in [0.15, 0.2) is 24.3 Å². The third-order valence-electron chi connectivity index (χ3n) is 4.31. The minimum absolute atomic E-state index is 0.580. The van der Waals surface area contributed by atoms with E-state index in [2.05, 4.69) is 6.92 Å². The van der Waals surface area contributed by atoms with E-state index in [4.69, 9.17) is 9.47 Å². The number of methoxy groups -OCH3 is 1. The summed E-state index contributed by atoms with van der Waals surface area (Å²) in [6.07, 6.45) is 5.01. The average Bonchev–Trinajstić information content (AvgIpc) is 2.55. The molecule has 1 fully saturated rings. The fourth-order valence-corrected chi connectivity index (χ4v) is 2.85. The van der Waals surface area contributed by atoms with E-state index in [1.54, 1.807) is 30.2 Å². The molecule has 0 amide bonds. The van der Waals surface area contributed by atoms with Crippen molar-refractivity contribution in [3.8, 4) is 11.5 Å². The maximum Gasteiger partial charge on any atom is 0.168 e. The van der Waals surface area contributed by atoms with Crippen molar-refractivity contribution in [3.63, 3.8) is 0 Å². The second kappa shape index (κ2) is 8.58. The van der Waals surface area contributed by atoms with Gasteiger partial charge < -0.3 is 24.3 Å². The molecule has 1 saturated heterocycles. The molecular weight excluding hydrogens is 294 g/mol. The van der Waals surface area contributed by atoms with Crippen molar-refractivity contribution in [2.75, 3.05) is 33.4 Å². The van der Waals surface area contributed by atoms with Gasteiger partial charge in [0.2, 0.25) is 0 Å². The lowest BCUT2D eigenvalue weighted by Gasteiger charge is -2.27. The number of likely N-dealkylation sites (tertiary alicyclic amines) is 1. The Morgan fingerprint density at radius 2 is 2.13 bits per heavy atom. The first-order valence-corrected chi connectivity index (χ1v) is 8.12. The molecule has 0 radical (unpaired) electrons. The maximum absolute atomic E-state index is 10.6. The molecule has 5 heteroatoms. The Balaban J connectivity index is 1.98. The monoisotopic (exact) mass is 319 g/mol. The van der Waals surface area contributed by atoms with Gasteiger partial charge in [0.15, 0.2) is 11.5 Å². The number of piperidine rings is 1. The maximum atomic E-state index is 10.6. The zero-order chi connectivity index (χ0) is 16.7. The number of para-hydroxylation sites is 1. The molecule has 0 unspecified atom stereocenters. The lowest BCUT2D eigenvalue weighted by Crippen LogP contribution is -3.13. The lowest BCUT2D eigenvalue weighted by atomic mass is 9.99. The van der Waals surface area contributed by atoms with Crippen LogP contribution in [-0.4, -0.2) is 39.3 Å². The number of benzene rings is 1. The van der Waals surface area contributed by atoms with Gasteiger partial charge in [0, 0.05) is 5.56 Å². The van der Waals surface area contributed by atoms with Crippen molar-refractivity contribution in [1.29, 1.82) is 0 Å². The summed E-state index contributed by atoms with van der Waals surface area (Å²) in [6.45, 7) is 6.20. The molecule has 2 rings (SSSR count). The van der Waals surface area contributed by atoms with Crippen LogP contribution in [0.5, 0.6) is 11.5 Å². The SMILES string of the molecule is COc1cccc(/C=C/C(=O)[O-])c1OCC[NH+]1CCC(C)CC1. The first kappa shape index (κ1) is 17.3. The molecule has 1 aromatic rings. The van der Waals surface area contributed by atoms with E-state index in [-0.39, 0.29) is 0 Å². The number of quaternary nitrogens is 1. The van der Waals surface area contributed by atoms with Gasteiger partial charge in [-0.05, 0) is 37.0 Å². The minimum atomic E-state index is -1.23. The smallest absolute Gasteiger partial charge is 0.168 e. The summed E-state index contributed by atoms with van der Waals surface area (Å²) >= 11 is 0. The van der Waals surface area contributed by atoms with E-state index in [9.17, 15) is 9.90 Å². The lowest BCUT2D eigenvalue weighted by molar-refractivity contribution is -0.906.